The highest BCUT2D eigenvalue weighted by molar-refractivity contribution is 5.90. The molecule has 0 aromatic rings. The lowest BCUT2D eigenvalue weighted by molar-refractivity contribution is -0.146. The van der Waals surface area contributed by atoms with E-state index < -0.39 is 0 Å². The van der Waals surface area contributed by atoms with Gasteiger partial charge in [-0.3, -0.25) is 9.59 Å². The van der Waals surface area contributed by atoms with E-state index in [-0.39, 0.29) is 24.0 Å². The van der Waals surface area contributed by atoms with Gasteiger partial charge < -0.3 is 14.5 Å². The van der Waals surface area contributed by atoms with Crippen molar-refractivity contribution in [2.45, 2.75) is 31.4 Å². The lowest BCUT2D eigenvalue weighted by atomic mass is 10.1. The molecule has 2 aliphatic heterocycles. The zero-order valence-corrected chi connectivity index (χ0v) is 9.81. The molecule has 90 valence electrons. The Hall–Kier alpha value is -1.10. The molecule has 0 saturated carbocycles. The van der Waals surface area contributed by atoms with Crippen LogP contribution in [0.5, 0.6) is 0 Å². The molecule has 5 heteroatoms. The van der Waals surface area contributed by atoms with E-state index in [1.54, 1.807) is 23.9 Å². The van der Waals surface area contributed by atoms with Gasteiger partial charge in [-0.1, -0.05) is 0 Å². The second-order valence-corrected chi connectivity index (χ2v) is 4.52. The fraction of sp³-hybridized carbons (Fsp3) is 0.818. The van der Waals surface area contributed by atoms with E-state index >= 15 is 0 Å². The predicted octanol–water partition coefficient (Wildman–Crippen LogP) is -0.146. The largest absolute Gasteiger partial charge is 0.368 e. The number of carbonyl (C=O) groups excluding carboxylic acids is 2. The molecule has 2 atom stereocenters. The van der Waals surface area contributed by atoms with E-state index in [1.807, 2.05) is 0 Å². The van der Waals surface area contributed by atoms with Crippen LogP contribution in [0, 0.1) is 0 Å². The van der Waals surface area contributed by atoms with Crippen LogP contribution in [0.3, 0.4) is 0 Å². The summed E-state index contributed by atoms with van der Waals surface area (Å²) >= 11 is 0. The Morgan fingerprint density at radius 1 is 1.50 bits per heavy atom. The Bertz CT molecular complexity index is 300. The number of hydrogen-bond donors (Lipinski definition) is 0. The molecule has 16 heavy (non-hydrogen) atoms. The van der Waals surface area contributed by atoms with Gasteiger partial charge in [-0.05, 0) is 19.3 Å². The van der Waals surface area contributed by atoms with Gasteiger partial charge in [0.1, 0.15) is 12.1 Å². The maximum Gasteiger partial charge on any atom is 0.252 e. The molecule has 2 amide bonds. The van der Waals surface area contributed by atoms with Gasteiger partial charge in [0.2, 0.25) is 5.91 Å². The maximum absolute atomic E-state index is 12.0. The smallest absolute Gasteiger partial charge is 0.252 e. The summed E-state index contributed by atoms with van der Waals surface area (Å²) in [5, 5.41) is 0. The molecule has 0 bridgehead atoms. The molecule has 2 rings (SSSR count). The van der Waals surface area contributed by atoms with Crippen LogP contribution in [0.15, 0.2) is 0 Å². The highest BCUT2D eigenvalue weighted by Gasteiger charge is 2.37. The van der Waals surface area contributed by atoms with Crippen molar-refractivity contribution in [3.63, 3.8) is 0 Å². The molecule has 2 heterocycles. The Morgan fingerprint density at radius 2 is 2.25 bits per heavy atom. The van der Waals surface area contributed by atoms with Gasteiger partial charge in [-0.25, -0.2) is 0 Å². The van der Waals surface area contributed by atoms with Crippen molar-refractivity contribution in [1.29, 1.82) is 0 Å². The molecule has 2 unspecified atom stereocenters. The Morgan fingerprint density at radius 3 is 2.75 bits per heavy atom. The van der Waals surface area contributed by atoms with Crippen LogP contribution in [-0.2, 0) is 14.3 Å². The lowest BCUT2D eigenvalue weighted by Crippen LogP contribution is -2.46. The molecule has 0 N–H and O–H groups in total. The third-order valence-electron chi connectivity index (χ3n) is 3.42. The lowest BCUT2D eigenvalue weighted by Gasteiger charge is -2.25. The van der Waals surface area contributed by atoms with Crippen molar-refractivity contribution in [1.82, 2.24) is 9.80 Å². The molecule has 2 fully saturated rings. The first-order chi connectivity index (χ1) is 7.61. The SMILES string of the molecule is CN1CCC(N(C)C(=O)C2CCCO2)C1=O. The molecular weight excluding hydrogens is 208 g/mol. The van der Waals surface area contributed by atoms with E-state index in [0.29, 0.717) is 6.61 Å². The Balaban J connectivity index is 1.98. The van der Waals surface area contributed by atoms with Gasteiger partial charge in [-0.15, -0.1) is 0 Å². The average molecular weight is 226 g/mol. The minimum Gasteiger partial charge on any atom is -0.368 e. The minimum absolute atomic E-state index is 0.0360. The van der Waals surface area contributed by atoms with E-state index in [9.17, 15) is 9.59 Å². The van der Waals surface area contributed by atoms with Crippen molar-refractivity contribution in [3.8, 4) is 0 Å². The average Bonchev–Trinajstić information content (AvgIpc) is 2.89. The van der Waals surface area contributed by atoms with Crippen molar-refractivity contribution in [2.24, 2.45) is 0 Å². The summed E-state index contributed by atoms with van der Waals surface area (Å²) in [7, 11) is 3.47. The van der Waals surface area contributed by atoms with Crippen molar-refractivity contribution in [3.05, 3.63) is 0 Å². The fourth-order valence-corrected chi connectivity index (χ4v) is 2.32. The number of rotatable bonds is 2. The van der Waals surface area contributed by atoms with Gasteiger partial charge >= 0.3 is 0 Å². The predicted molar refractivity (Wildman–Crippen MR) is 57.8 cm³/mol. The zero-order chi connectivity index (χ0) is 11.7. The summed E-state index contributed by atoms with van der Waals surface area (Å²) in [6.45, 7) is 1.38. The van der Waals surface area contributed by atoms with Crippen LogP contribution in [0.25, 0.3) is 0 Å². The van der Waals surface area contributed by atoms with Gasteiger partial charge in [0.25, 0.3) is 5.91 Å². The molecule has 0 aromatic carbocycles. The van der Waals surface area contributed by atoms with Crippen LogP contribution in [0.2, 0.25) is 0 Å². The third-order valence-corrected chi connectivity index (χ3v) is 3.42. The summed E-state index contributed by atoms with van der Waals surface area (Å²) < 4.78 is 5.34. The standard InChI is InChI=1S/C11H18N2O3/c1-12-6-5-8(10(12)14)13(2)11(15)9-4-3-7-16-9/h8-9H,3-7H2,1-2H3. The number of ether oxygens (including phenoxy) is 1. The minimum atomic E-state index is -0.330. The molecule has 0 radical (unpaired) electrons. The van der Waals surface area contributed by atoms with Crippen molar-refractivity contribution in [2.75, 3.05) is 27.2 Å². The molecule has 0 aromatic heterocycles. The van der Waals surface area contributed by atoms with Crippen molar-refractivity contribution < 1.29 is 14.3 Å². The number of likely N-dealkylation sites (N-methyl/N-ethyl adjacent to an activating group) is 2. The molecular formula is C11H18N2O3. The monoisotopic (exact) mass is 226 g/mol. The summed E-state index contributed by atoms with van der Waals surface area (Å²) in [5.74, 6) is -0.0139. The molecule has 2 aliphatic rings. The zero-order valence-electron chi connectivity index (χ0n) is 9.81. The normalized spacial score (nSPS) is 29.9. The van der Waals surface area contributed by atoms with E-state index in [1.165, 1.54) is 0 Å². The summed E-state index contributed by atoms with van der Waals surface area (Å²) in [5.41, 5.74) is 0. The fourth-order valence-electron chi connectivity index (χ4n) is 2.32. The van der Waals surface area contributed by atoms with Crippen LogP contribution >= 0.6 is 0 Å². The quantitative estimate of drug-likeness (QED) is 0.658. The molecule has 2 saturated heterocycles. The summed E-state index contributed by atoms with van der Waals surface area (Å²) in [6.07, 6.45) is 2.11. The van der Waals surface area contributed by atoms with E-state index in [2.05, 4.69) is 0 Å². The first kappa shape index (κ1) is 11.4. The van der Waals surface area contributed by atoms with Crippen LogP contribution in [-0.4, -0.2) is 61.0 Å². The van der Waals surface area contributed by atoms with E-state index in [4.69, 9.17) is 4.74 Å². The second kappa shape index (κ2) is 4.41. The second-order valence-electron chi connectivity index (χ2n) is 4.52. The highest BCUT2D eigenvalue weighted by Crippen LogP contribution is 2.19. The van der Waals surface area contributed by atoms with Crippen LogP contribution < -0.4 is 0 Å². The van der Waals surface area contributed by atoms with Gasteiger partial charge in [0, 0.05) is 27.2 Å². The number of likely N-dealkylation sites (tertiary alicyclic amines) is 1. The van der Waals surface area contributed by atoms with Gasteiger partial charge in [0.05, 0.1) is 0 Å². The van der Waals surface area contributed by atoms with E-state index in [0.717, 1.165) is 25.8 Å². The summed E-state index contributed by atoms with van der Waals surface area (Å²) in [4.78, 5) is 27.0. The van der Waals surface area contributed by atoms with Gasteiger partial charge in [-0.2, -0.15) is 0 Å². The molecule has 5 nitrogen and oxygen atoms in total. The third kappa shape index (κ3) is 1.91. The first-order valence-electron chi connectivity index (χ1n) is 5.74. The maximum atomic E-state index is 12.0. The Kier molecular flexibility index (Phi) is 3.14. The first-order valence-corrected chi connectivity index (χ1v) is 5.74. The number of carbonyl (C=O) groups is 2. The van der Waals surface area contributed by atoms with Crippen molar-refractivity contribution >= 4 is 11.8 Å². The number of hydrogen-bond acceptors (Lipinski definition) is 3. The number of nitrogens with zero attached hydrogens (tertiary/aromatic N) is 2. The molecule has 0 aliphatic carbocycles. The number of amides is 2. The van der Waals surface area contributed by atoms with Crippen LogP contribution in [0.1, 0.15) is 19.3 Å². The van der Waals surface area contributed by atoms with Gasteiger partial charge in [0.15, 0.2) is 0 Å². The molecule has 0 spiro atoms. The highest BCUT2D eigenvalue weighted by atomic mass is 16.5. The topological polar surface area (TPSA) is 49.9 Å². The Labute approximate surface area is 95.3 Å². The van der Waals surface area contributed by atoms with Crippen LogP contribution in [0.4, 0.5) is 0 Å². The summed E-state index contributed by atoms with van der Waals surface area (Å²) in [6, 6.07) is -0.290.